The fraction of sp³-hybridized carbons (Fsp3) is 0.583. The van der Waals surface area contributed by atoms with Crippen molar-refractivity contribution < 1.29 is 13.9 Å². The van der Waals surface area contributed by atoms with Crippen LogP contribution >= 0.6 is 0 Å². The van der Waals surface area contributed by atoms with E-state index in [0.717, 1.165) is 76.1 Å². The number of furan rings is 1. The summed E-state index contributed by atoms with van der Waals surface area (Å²) in [4.78, 5) is 11.6. The zero-order valence-electron chi connectivity index (χ0n) is 19.6. The van der Waals surface area contributed by atoms with E-state index in [1.807, 2.05) is 51.2 Å². The van der Waals surface area contributed by atoms with Gasteiger partial charge in [0.1, 0.15) is 11.4 Å². The highest BCUT2D eigenvalue weighted by Gasteiger charge is 2.12. The summed E-state index contributed by atoms with van der Waals surface area (Å²) in [7, 11) is 0. The van der Waals surface area contributed by atoms with Gasteiger partial charge in [0.25, 0.3) is 0 Å². The molecule has 0 radical (unpaired) electrons. The highest BCUT2D eigenvalue weighted by atomic mass is 16.5. The molecule has 1 fully saturated rings. The molecule has 2 aromatic heterocycles. The van der Waals surface area contributed by atoms with E-state index in [0.29, 0.717) is 12.4 Å². The van der Waals surface area contributed by atoms with Gasteiger partial charge in [-0.15, -0.1) is 0 Å². The molecule has 0 aromatic carbocycles. The molecule has 8 nitrogen and oxygen atoms in total. The molecule has 32 heavy (non-hydrogen) atoms. The first-order valence-electron chi connectivity index (χ1n) is 11.5. The molecule has 1 aliphatic rings. The van der Waals surface area contributed by atoms with E-state index in [1.54, 1.807) is 6.26 Å². The summed E-state index contributed by atoms with van der Waals surface area (Å²) in [5, 5.41) is 6.87. The number of morpholine rings is 1. The van der Waals surface area contributed by atoms with Crippen molar-refractivity contribution >= 4 is 5.96 Å². The molecule has 0 bridgehead atoms. The van der Waals surface area contributed by atoms with Gasteiger partial charge in [0.05, 0.1) is 26.0 Å². The third-order valence-electron chi connectivity index (χ3n) is 4.92. The molecule has 3 heterocycles. The van der Waals surface area contributed by atoms with Crippen LogP contribution in [0, 0.1) is 0 Å². The number of aliphatic imine (C=N–C) groups is 1. The first-order chi connectivity index (χ1) is 15.5. The zero-order valence-corrected chi connectivity index (χ0v) is 19.6. The highest BCUT2D eigenvalue weighted by molar-refractivity contribution is 5.79. The second-order valence-corrected chi connectivity index (χ2v) is 8.87. The third-order valence-corrected chi connectivity index (χ3v) is 4.92. The van der Waals surface area contributed by atoms with E-state index >= 15 is 0 Å². The normalized spacial score (nSPS) is 15.5. The van der Waals surface area contributed by atoms with Crippen molar-refractivity contribution in [1.29, 1.82) is 0 Å². The minimum atomic E-state index is -0.261. The molecule has 176 valence electrons. The van der Waals surface area contributed by atoms with Crippen molar-refractivity contribution in [1.82, 2.24) is 20.5 Å². The largest absolute Gasteiger partial charge is 0.472 e. The SMILES string of the molecule is CC(C)(C)Oc1ccc(CN=C(NCCCN2CCOCC2)NCCc2ccco2)cn1. The molecule has 1 aliphatic heterocycles. The van der Waals surface area contributed by atoms with Crippen LogP contribution in [0.1, 0.15) is 38.5 Å². The molecule has 0 amide bonds. The number of nitrogens with zero attached hydrogens (tertiary/aromatic N) is 3. The average molecular weight is 444 g/mol. The lowest BCUT2D eigenvalue weighted by atomic mass is 10.2. The van der Waals surface area contributed by atoms with Gasteiger partial charge >= 0.3 is 0 Å². The monoisotopic (exact) mass is 443 g/mol. The number of guanidine groups is 1. The van der Waals surface area contributed by atoms with E-state index < -0.39 is 0 Å². The van der Waals surface area contributed by atoms with Gasteiger partial charge in [-0.1, -0.05) is 6.07 Å². The Bertz CT molecular complexity index is 794. The molecule has 2 N–H and O–H groups in total. The van der Waals surface area contributed by atoms with Gasteiger partial charge in [-0.3, -0.25) is 4.90 Å². The Kier molecular flexibility index (Phi) is 9.37. The topological polar surface area (TPSA) is 84.2 Å². The maximum absolute atomic E-state index is 5.79. The summed E-state index contributed by atoms with van der Waals surface area (Å²) >= 11 is 0. The van der Waals surface area contributed by atoms with E-state index in [1.165, 1.54) is 0 Å². The Hall–Kier alpha value is -2.58. The molecule has 1 saturated heterocycles. The predicted octanol–water partition coefficient (Wildman–Crippen LogP) is 2.85. The summed E-state index contributed by atoms with van der Waals surface area (Å²) in [5.41, 5.74) is 0.773. The first-order valence-corrected chi connectivity index (χ1v) is 11.5. The lowest BCUT2D eigenvalue weighted by Gasteiger charge is -2.26. The first kappa shape index (κ1) is 24.1. The molecule has 0 unspecified atom stereocenters. The van der Waals surface area contributed by atoms with Crippen LogP contribution in [-0.2, 0) is 17.7 Å². The van der Waals surface area contributed by atoms with E-state index in [4.69, 9.17) is 18.9 Å². The van der Waals surface area contributed by atoms with Crippen LogP contribution in [0.15, 0.2) is 46.1 Å². The summed E-state index contributed by atoms with van der Waals surface area (Å²) in [6.07, 6.45) is 5.39. The van der Waals surface area contributed by atoms with E-state index in [-0.39, 0.29) is 5.60 Å². The molecular formula is C24H37N5O3. The molecule has 8 heteroatoms. The van der Waals surface area contributed by atoms with Crippen LogP contribution in [0.5, 0.6) is 5.88 Å². The van der Waals surface area contributed by atoms with Crippen LogP contribution in [0.4, 0.5) is 0 Å². The van der Waals surface area contributed by atoms with Crippen LogP contribution in [-0.4, -0.2) is 67.4 Å². The van der Waals surface area contributed by atoms with Gasteiger partial charge in [0.2, 0.25) is 5.88 Å². The molecular weight excluding hydrogens is 406 g/mol. The molecule has 2 aromatic rings. The van der Waals surface area contributed by atoms with Gasteiger partial charge in [0, 0.05) is 44.9 Å². The quantitative estimate of drug-likeness (QED) is 0.332. The van der Waals surface area contributed by atoms with Crippen LogP contribution < -0.4 is 15.4 Å². The van der Waals surface area contributed by atoms with Gasteiger partial charge < -0.3 is 24.5 Å². The Morgan fingerprint density at radius 1 is 1.16 bits per heavy atom. The lowest BCUT2D eigenvalue weighted by Crippen LogP contribution is -2.41. The molecule has 3 rings (SSSR count). The summed E-state index contributed by atoms with van der Waals surface area (Å²) in [5.74, 6) is 2.39. The summed E-state index contributed by atoms with van der Waals surface area (Å²) < 4.78 is 16.6. The van der Waals surface area contributed by atoms with Crippen molar-refractivity contribution in [2.24, 2.45) is 4.99 Å². The van der Waals surface area contributed by atoms with Gasteiger partial charge in [0.15, 0.2) is 5.96 Å². The second-order valence-electron chi connectivity index (χ2n) is 8.87. The van der Waals surface area contributed by atoms with E-state index in [9.17, 15) is 0 Å². The predicted molar refractivity (Wildman–Crippen MR) is 126 cm³/mol. The highest BCUT2D eigenvalue weighted by Crippen LogP contribution is 2.15. The van der Waals surface area contributed by atoms with Crippen LogP contribution in [0.2, 0.25) is 0 Å². The van der Waals surface area contributed by atoms with Crippen LogP contribution in [0.25, 0.3) is 0 Å². The third kappa shape index (κ3) is 9.28. The maximum atomic E-state index is 5.79. The number of hydrogen-bond donors (Lipinski definition) is 2. The minimum Gasteiger partial charge on any atom is -0.472 e. The van der Waals surface area contributed by atoms with Gasteiger partial charge in [-0.25, -0.2) is 9.98 Å². The van der Waals surface area contributed by atoms with Crippen molar-refractivity contribution in [3.8, 4) is 5.88 Å². The molecule has 0 aliphatic carbocycles. The Labute approximate surface area is 191 Å². The number of rotatable bonds is 10. The van der Waals surface area contributed by atoms with Gasteiger partial charge in [-0.2, -0.15) is 0 Å². The lowest BCUT2D eigenvalue weighted by molar-refractivity contribution is 0.0376. The summed E-state index contributed by atoms with van der Waals surface area (Å²) in [6, 6.07) is 7.81. The Morgan fingerprint density at radius 2 is 1.97 bits per heavy atom. The van der Waals surface area contributed by atoms with Gasteiger partial charge in [-0.05, 0) is 51.4 Å². The fourth-order valence-electron chi connectivity index (χ4n) is 3.32. The fourth-order valence-corrected chi connectivity index (χ4v) is 3.32. The number of pyridine rings is 1. The maximum Gasteiger partial charge on any atom is 0.213 e. The number of ether oxygens (including phenoxy) is 2. The Morgan fingerprint density at radius 3 is 2.66 bits per heavy atom. The average Bonchev–Trinajstić information content (AvgIpc) is 3.29. The molecule has 0 spiro atoms. The van der Waals surface area contributed by atoms with E-state index in [2.05, 4.69) is 20.5 Å². The van der Waals surface area contributed by atoms with Crippen molar-refractivity contribution in [2.75, 3.05) is 45.9 Å². The standard InChI is InChI=1S/C24H37N5O3/c1-24(2,3)32-22-8-7-20(18-27-22)19-28-23(26-11-9-21-6-4-15-31-21)25-10-5-12-29-13-16-30-17-14-29/h4,6-8,15,18H,5,9-14,16-17,19H2,1-3H3,(H2,25,26,28). The van der Waals surface area contributed by atoms with Crippen molar-refractivity contribution in [2.45, 2.75) is 45.8 Å². The molecule has 0 saturated carbocycles. The van der Waals surface area contributed by atoms with Crippen LogP contribution in [0.3, 0.4) is 0 Å². The second kappa shape index (κ2) is 12.5. The van der Waals surface area contributed by atoms with Crippen molar-refractivity contribution in [3.63, 3.8) is 0 Å². The summed E-state index contributed by atoms with van der Waals surface area (Å²) in [6.45, 7) is 13.0. The smallest absolute Gasteiger partial charge is 0.213 e. The number of nitrogens with one attached hydrogen (secondary N) is 2. The number of aromatic nitrogens is 1. The van der Waals surface area contributed by atoms with Crippen molar-refractivity contribution in [3.05, 3.63) is 48.0 Å². The minimum absolute atomic E-state index is 0.261. The number of hydrogen-bond acceptors (Lipinski definition) is 6. The Balaban J connectivity index is 1.49. The zero-order chi connectivity index (χ0) is 22.7. The molecule has 0 atom stereocenters.